The normalized spacial score (nSPS) is 17.7. The highest BCUT2D eigenvalue weighted by Gasteiger charge is 2.37. The summed E-state index contributed by atoms with van der Waals surface area (Å²) in [6.07, 6.45) is 0.913. The van der Waals surface area contributed by atoms with Gasteiger partial charge in [0.2, 0.25) is 0 Å². The van der Waals surface area contributed by atoms with E-state index in [9.17, 15) is 14.4 Å². The SMILES string of the molecule is COc1ccc(C(=O)N2C[C@@H]3C[C@H](C2)c2ccc(NC(=O)Nc4cc(OC)cc(OC)c4)c(=O)n2C3)cc1. The molecule has 1 saturated heterocycles. The van der Waals surface area contributed by atoms with Gasteiger partial charge in [-0.3, -0.25) is 9.59 Å². The molecule has 0 unspecified atom stereocenters. The van der Waals surface area contributed by atoms with Gasteiger partial charge in [-0.1, -0.05) is 0 Å². The summed E-state index contributed by atoms with van der Waals surface area (Å²) in [5.74, 6) is 1.92. The fourth-order valence-corrected chi connectivity index (χ4v) is 5.29. The van der Waals surface area contributed by atoms with Crippen LogP contribution in [0.4, 0.5) is 16.2 Å². The van der Waals surface area contributed by atoms with E-state index in [4.69, 9.17) is 14.2 Å². The van der Waals surface area contributed by atoms with Crippen molar-refractivity contribution in [3.8, 4) is 17.2 Å². The van der Waals surface area contributed by atoms with E-state index in [1.54, 1.807) is 60.2 Å². The Morgan fingerprint density at radius 1 is 0.816 bits per heavy atom. The maximum Gasteiger partial charge on any atom is 0.323 e. The number of methoxy groups -OCH3 is 3. The first-order valence-corrected chi connectivity index (χ1v) is 12.4. The summed E-state index contributed by atoms with van der Waals surface area (Å²) in [5.41, 5.74) is 1.88. The molecule has 2 aliphatic rings. The van der Waals surface area contributed by atoms with Crippen molar-refractivity contribution in [2.75, 3.05) is 45.1 Å². The molecule has 2 aromatic carbocycles. The van der Waals surface area contributed by atoms with Gasteiger partial charge < -0.3 is 34.3 Å². The molecule has 38 heavy (non-hydrogen) atoms. The number of urea groups is 1. The van der Waals surface area contributed by atoms with Gasteiger partial charge in [0, 0.05) is 60.7 Å². The maximum atomic E-state index is 13.3. The molecule has 2 atom stereocenters. The fourth-order valence-electron chi connectivity index (χ4n) is 5.29. The predicted octanol–water partition coefficient (Wildman–Crippen LogP) is 3.78. The molecule has 0 spiro atoms. The quantitative estimate of drug-likeness (QED) is 0.514. The maximum absolute atomic E-state index is 13.3. The standard InChI is InChI=1S/C28H30N4O6/c1-36-21-6-4-18(5-7-21)26(33)31-14-17-10-19(16-31)25-9-8-24(27(34)32(25)15-17)30-28(35)29-20-11-22(37-2)13-23(12-20)38-3/h4-9,11-13,17,19H,10,14-16H2,1-3H3,(H2,29,30,35)/t17-,19+/m0/s1. The second kappa shape index (κ2) is 10.5. The third-order valence-corrected chi connectivity index (χ3v) is 7.09. The lowest BCUT2D eigenvalue weighted by atomic mass is 9.83. The van der Waals surface area contributed by atoms with Crippen LogP contribution in [0.15, 0.2) is 59.4 Å². The molecule has 1 fully saturated rings. The molecule has 3 heterocycles. The van der Waals surface area contributed by atoms with Gasteiger partial charge in [-0.05, 0) is 48.7 Å². The molecule has 198 valence electrons. The number of rotatable bonds is 6. The highest BCUT2D eigenvalue weighted by Crippen LogP contribution is 2.36. The lowest BCUT2D eigenvalue weighted by Crippen LogP contribution is -2.49. The van der Waals surface area contributed by atoms with Gasteiger partial charge in [0.15, 0.2) is 0 Å². The van der Waals surface area contributed by atoms with E-state index in [0.29, 0.717) is 48.1 Å². The summed E-state index contributed by atoms with van der Waals surface area (Å²) >= 11 is 0. The number of hydrogen-bond donors (Lipinski definition) is 2. The van der Waals surface area contributed by atoms with Gasteiger partial charge in [-0.25, -0.2) is 4.79 Å². The van der Waals surface area contributed by atoms with Crippen molar-refractivity contribution < 1.29 is 23.8 Å². The van der Waals surface area contributed by atoms with Crippen LogP contribution in [0.5, 0.6) is 17.2 Å². The van der Waals surface area contributed by atoms with Crippen molar-refractivity contribution in [3.05, 3.63) is 76.2 Å². The number of likely N-dealkylation sites (tertiary alicyclic amines) is 1. The van der Waals surface area contributed by atoms with Gasteiger partial charge in [0.1, 0.15) is 22.9 Å². The third-order valence-electron chi connectivity index (χ3n) is 7.09. The summed E-state index contributed by atoms with van der Waals surface area (Å²) in [6, 6.07) is 15.1. The number of hydrogen-bond acceptors (Lipinski definition) is 6. The number of fused-ring (bicyclic) bond motifs is 4. The highest BCUT2D eigenvalue weighted by atomic mass is 16.5. The Labute approximate surface area is 220 Å². The van der Waals surface area contributed by atoms with E-state index in [1.165, 1.54) is 14.2 Å². The number of nitrogens with one attached hydrogen (secondary N) is 2. The van der Waals surface area contributed by atoms with Gasteiger partial charge in [0.25, 0.3) is 11.5 Å². The smallest absolute Gasteiger partial charge is 0.323 e. The molecule has 2 bridgehead atoms. The number of carbonyl (C=O) groups is 2. The Balaban J connectivity index is 1.30. The number of ether oxygens (including phenoxy) is 3. The predicted molar refractivity (Wildman–Crippen MR) is 143 cm³/mol. The Kier molecular flexibility index (Phi) is 6.95. The van der Waals surface area contributed by atoms with Crippen LogP contribution in [0.3, 0.4) is 0 Å². The van der Waals surface area contributed by atoms with Crippen molar-refractivity contribution in [2.45, 2.75) is 18.9 Å². The number of carbonyl (C=O) groups excluding carboxylic acids is 2. The minimum absolute atomic E-state index is 0.0257. The molecular formula is C28H30N4O6. The zero-order valence-corrected chi connectivity index (χ0v) is 21.5. The Hall–Kier alpha value is -4.47. The Morgan fingerprint density at radius 3 is 2.16 bits per heavy atom. The number of amides is 3. The third kappa shape index (κ3) is 5.02. The van der Waals surface area contributed by atoms with Crippen LogP contribution in [0.1, 0.15) is 28.4 Å². The lowest BCUT2D eigenvalue weighted by molar-refractivity contribution is 0.0594. The van der Waals surface area contributed by atoms with E-state index in [-0.39, 0.29) is 29.0 Å². The molecule has 3 aromatic rings. The van der Waals surface area contributed by atoms with E-state index in [1.807, 2.05) is 11.0 Å². The molecule has 0 radical (unpaired) electrons. The molecule has 3 amide bonds. The average Bonchev–Trinajstić information content (AvgIpc) is 2.94. The summed E-state index contributed by atoms with van der Waals surface area (Å²) < 4.78 is 17.4. The monoisotopic (exact) mass is 518 g/mol. The van der Waals surface area contributed by atoms with Gasteiger partial charge in [0.05, 0.1) is 21.3 Å². The average molecular weight is 519 g/mol. The van der Waals surface area contributed by atoms with Crippen molar-refractivity contribution in [1.82, 2.24) is 9.47 Å². The summed E-state index contributed by atoms with van der Waals surface area (Å²) in [4.78, 5) is 41.0. The second-order valence-electron chi connectivity index (χ2n) is 9.51. The van der Waals surface area contributed by atoms with Crippen LogP contribution in [-0.4, -0.2) is 55.8 Å². The minimum Gasteiger partial charge on any atom is -0.497 e. The lowest BCUT2D eigenvalue weighted by Gasteiger charge is -2.43. The Bertz CT molecular complexity index is 1400. The first-order valence-electron chi connectivity index (χ1n) is 12.4. The first-order chi connectivity index (χ1) is 18.4. The topological polar surface area (TPSA) is 111 Å². The van der Waals surface area contributed by atoms with E-state index < -0.39 is 6.03 Å². The summed E-state index contributed by atoms with van der Waals surface area (Å²) in [7, 11) is 4.64. The summed E-state index contributed by atoms with van der Waals surface area (Å²) in [5, 5.41) is 5.39. The number of nitrogens with zero attached hydrogens (tertiary/aromatic N) is 2. The first kappa shape index (κ1) is 25.2. The van der Waals surface area contributed by atoms with Crippen LogP contribution in [0.25, 0.3) is 0 Å². The van der Waals surface area contributed by atoms with Crippen LogP contribution in [0, 0.1) is 5.92 Å². The molecule has 10 heteroatoms. The van der Waals surface area contributed by atoms with Crippen LogP contribution in [-0.2, 0) is 6.54 Å². The molecule has 0 saturated carbocycles. The van der Waals surface area contributed by atoms with E-state index in [2.05, 4.69) is 10.6 Å². The van der Waals surface area contributed by atoms with Crippen LogP contribution >= 0.6 is 0 Å². The number of anilines is 2. The van der Waals surface area contributed by atoms with Crippen LogP contribution < -0.4 is 30.4 Å². The van der Waals surface area contributed by atoms with Gasteiger partial charge >= 0.3 is 6.03 Å². The van der Waals surface area contributed by atoms with Gasteiger partial charge in [-0.15, -0.1) is 0 Å². The number of pyridine rings is 1. The van der Waals surface area contributed by atoms with Crippen molar-refractivity contribution in [2.24, 2.45) is 5.92 Å². The van der Waals surface area contributed by atoms with Crippen molar-refractivity contribution in [3.63, 3.8) is 0 Å². The van der Waals surface area contributed by atoms with Crippen LogP contribution in [0.2, 0.25) is 0 Å². The fraction of sp³-hybridized carbons (Fsp3) is 0.321. The number of benzene rings is 2. The molecule has 2 N–H and O–H groups in total. The Morgan fingerprint density at radius 2 is 1.50 bits per heavy atom. The van der Waals surface area contributed by atoms with Crippen molar-refractivity contribution >= 4 is 23.3 Å². The van der Waals surface area contributed by atoms with E-state index >= 15 is 0 Å². The molecule has 1 aromatic heterocycles. The zero-order chi connectivity index (χ0) is 26.8. The minimum atomic E-state index is -0.551. The van der Waals surface area contributed by atoms with Crippen molar-refractivity contribution in [1.29, 1.82) is 0 Å². The number of piperidine rings is 1. The molecule has 10 nitrogen and oxygen atoms in total. The highest BCUT2D eigenvalue weighted by molar-refractivity contribution is 6.00. The van der Waals surface area contributed by atoms with Gasteiger partial charge in [-0.2, -0.15) is 0 Å². The molecule has 5 rings (SSSR count). The zero-order valence-electron chi connectivity index (χ0n) is 21.5. The van der Waals surface area contributed by atoms with E-state index in [0.717, 1.165) is 12.1 Å². The second-order valence-corrected chi connectivity index (χ2v) is 9.51. The molecule has 2 aliphatic heterocycles. The molecule has 0 aliphatic carbocycles. The number of aromatic nitrogens is 1. The largest absolute Gasteiger partial charge is 0.497 e. The summed E-state index contributed by atoms with van der Waals surface area (Å²) in [6.45, 7) is 1.59. The molecular weight excluding hydrogens is 488 g/mol.